The molecule has 20 heavy (non-hydrogen) atoms. The third-order valence-electron chi connectivity index (χ3n) is 4.42. The number of aliphatic hydroxyl groups is 1. The molecule has 2 aliphatic rings. The molecule has 1 amide bonds. The summed E-state index contributed by atoms with van der Waals surface area (Å²) in [6.45, 7) is 6.68. The summed E-state index contributed by atoms with van der Waals surface area (Å²) in [6, 6.07) is 0. The zero-order valence-electron chi connectivity index (χ0n) is 13.1. The number of likely N-dealkylation sites (tertiary alicyclic amines) is 1. The minimum Gasteiger partial charge on any atom is -0.444 e. The minimum atomic E-state index is -0.469. The number of β-amino-alcohol motifs (C(OH)–C–C–N with tert-alkyl or cyclic N) is 1. The first-order chi connectivity index (χ1) is 9.35. The van der Waals surface area contributed by atoms with Gasteiger partial charge in [0.25, 0.3) is 0 Å². The molecule has 1 aliphatic heterocycles. The number of nitrogens with zero attached hydrogens (tertiary/aromatic N) is 1. The third kappa shape index (κ3) is 4.37. The Morgan fingerprint density at radius 1 is 1.20 bits per heavy atom. The molecule has 2 rings (SSSR count). The van der Waals surface area contributed by atoms with Gasteiger partial charge in [-0.05, 0) is 33.1 Å². The second-order valence-corrected chi connectivity index (χ2v) is 7.45. The van der Waals surface area contributed by atoms with Gasteiger partial charge in [0, 0.05) is 12.5 Å². The average molecular weight is 283 g/mol. The van der Waals surface area contributed by atoms with E-state index in [0.29, 0.717) is 13.1 Å². The molecule has 0 aromatic carbocycles. The largest absolute Gasteiger partial charge is 0.444 e. The molecule has 1 saturated carbocycles. The van der Waals surface area contributed by atoms with Crippen LogP contribution in [0.5, 0.6) is 0 Å². The van der Waals surface area contributed by atoms with E-state index >= 15 is 0 Å². The number of aliphatic hydroxyl groups excluding tert-OH is 1. The molecule has 4 nitrogen and oxygen atoms in total. The maximum Gasteiger partial charge on any atom is 0.410 e. The van der Waals surface area contributed by atoms with E-state index < -0.39 is 5.60 Å². The van der Waals surface area contributed by atoms with Crippen molar-refractivity contribution in [3.63, 3.8) is 0 Å². The molecular formula is C16H29NO3. The predicted molar refractivity (Wildman–Crippen MR) is 78.5 cm³/mol. The lowest BCUT2D eigenvalue weighted by atomic mass is 9.82. The SMILES string of the molecule is CC(C)(C)OC(=O)N1CC(O)C(CC2CCCCC2)C1. The molecule has 0 spiro atoms. The molecule has 2 fully saturated rings. The van der Waals surface area contributed by atoms with Crippen molar-refractivity contribution in [2.45, 2.75) is 71.0 Å². The Kier molecular flexibility index (Phi) is 4.95. The molecule has 116 valence electrons. The lowest BCUT2D eigenvalue weighted by molar-refractivity contribution is 0.0269. The summed E-state index contributed by atoms with van der Waals surface area (Å²) in [5.74, 6) is 0.965. The maximum atomic E-state index is 12.0. The highest BCUT2D eigenvalue weighted by Gasteiger charge is 2.37. The van der Waals surface area contributed by atoms with Gasteiger partial charge in [0.2, 0.25) is 0 Å². The topological polar surface area (TPSA) is 49.8 Å². The highest BCUT2D eigenvalue weighted by Crippen LogP contribution is 2.33. The monoisotopic (exact) mass is 283 g/mol. The summed E-state index contributed by atoms with van der Waals surface area (Å²) >= 11 is 0. The zero-order chi connectivity index (χ0) is 14.8. The van der Waals surface area contributed by atoms with Gasteiger partial charge in [-0.2, -0.15) is 0 Å². The summed E-state index contributed by atoms with van der Waals surface area (Å²) in [4.78, 5) is 13.7. The molecule has 1 heterocycles. The molecule has 0 aromatic rings. The number of hydrogen-bond donors (Lipinski definition) is 1. The van der Waals surface area contributed by atoms with Crippen molar-refractivity contribution in [2.24, 2.45) is 11.8 Å². The number of hydrogen-bond acceptors (Lipinski definition) is 3. The van der Waals surface area contributed by atoms with Crippen LogP contribution in [0.2, 0.25) is 0 Å². The Balaban J connectivity index is 1.83. The Bertz CT molecular complexity index is 331. The number of carbonyl (C=O) groups is 1. The minimum absolute atomic E-state index is 0.227. The maximum absolute atomic E-state index is 12.0. The van der Waals surface area contributed by atoms with E-state index in [0.717, 1.165) is 12.3 Å². The smallest absolute Gasteiger partial charge is 0.410 e. The van der Waals surface area contributed by atoms with Crippen molar-refractivity contribution in [2.75, 3.05) is 13.1 Å². The second-order valence-electron chi connectivity index (χ2n) is 7.45. The number of ether oxygens (including phenoxy) is 1. The second kappa shape index (κ2) is 6.33. The fraction of sp³-hybridized carbons (Fsp3) is 0.938. The first-order valence-corrected chi connectivity index (χ1v) is 8.01. The van der Waals surface area contributed by atoms with Crippen molar-refractivity contribution in [3.05, 3.63) is 0 Å². The van der Waals surface area contributed by atoms with Crippen LogP contribution in [0.4, 0.5) is 4.79 Å². The Morgan fingerprint density at radius 3 is 2.45 bits per heavy atom. The van der Waals surface area contributed by atoms with Gasteiger partial charge in [0.1, 0.15) is 5.60 Å². The standard InChI is InChI=1S/C16H29NO3/c1-16(2,3)20-15(19)17-10-13(14(18)11-17)9-12-7-5-4-6-8-12/h12-14,18H,4-11H2,1-3H3. The summed E-state index contributed by atoms with van der Waals surface area (Å²) in [6.07, 6.45) is 6.96. The lowest BCUT2D eigenvalue weighted by Crippen LogP contribution is -2.35. The summed E-state index contributed by atoms with van der Waals surface area (Å²) in [7, 11) is 0. The fourth-order valence-corrected chi connectivity index (χ4v) is 3.41. The van der Waals surface area contributed by atoms with Gasteiger partial charge < -0.3 is 14.7 Å². The van der Waals surface area contributed by atoms with Gasteiger partial charge in [-0.1, -0.05) is 32.1 Å². The van der Waals surface area contributed by atoms with Crippen LogP contribution < -0.4 is 0 Å². The van der Waals surface area contributed by atoms with E-state index in [1.165, 1.54) is 32.1 Å². The van der Waals surface area contributed by atoms with Gasteiger partial charge in [-0.15, -0.1) is 0 Å². The third-order valence-corrected chi connectivity index (χ3v) is 4.42. The number of carbonyl (C=O) groups excluding carboxylic acids is 1. The Hall–Kier alpha value is -0.770. The van der Waals surface area contributed by atoms with Crippen LogP contribution in [0.1, 0.15) is 59.3 Å². The zero-order valence-corrected chi connectivity index (χ0v) is 13.1. The van der Waals surface area contributed by atoms with E-state index in [1.54, 1.807) is 4.90 Å². The van der Waals surface area contributed by atoms with Crippen LogP contribution in [-0.2, 0) is 4.74 Å². The van der Waals surface area contributed by atoms with E-state index in [4.69, 9.17) is 4.74 Å². The molecule has 1 N–H and O–H groups in total. The molecule has 0 bridgehead atoms. The molecule has 2 unspecified atom stereocenters. The van der Waals surface area contributed by atoms with Crippen molar-refractivity contribution in [1.82, 2.24) is 4.90 Å². The summed E-state index contributed by atoms with van der Waals surface area (Å²) in [5, 5.41) is 10.2. The molecule has 0 radical (unpaired) electrons. The van der Waals surface area contributed by atoms with Crippen LogP contribution in [-0.4, -0.2) is 40.9 Å². The lowest BCUT2D eigenvalue weighted by Gasteiger charge is -2.26. The van der Waals surface area contributed by atoms with Crippen LogP contribution in [0.25, 0.3) is 0 Å². The quantitative estimate of drug-likeness (QED) is 0.846. The van der Waals surface area contributed by atoms with Crippen LogP contribution >= 0.6 is 0 Å². The first-order valence-electron chi connectivity index (χ1n) is 8.01. The highest BCUT2D eigenvalue weighted by molar-refractivity contribution is 5.68. The van der Waals surface area contributed by atoms with Gasteiger partial charge in [-0.3, -0.25) is 0 Å². The van der Waals surface area contributed by atoms with Crippen LogP contribution in [0.15, 0.2) is 0 Å². The Labute approximate surface area is 122 Å². The van der Waals surface area contributed by atoms with Crippen LogP contribution in [0, 0.1) is 11.8 Å². The van der Waals surface area contributed by atoms with Gasteiger partial charge in [-0.25, -0.2) is 4.79 Å². The van der Waals surface area contributed by atoms with Gasteiger partial charge in [0.15, 0.2) is 0 Å². The Morgan fingerprint density at radius 2 is 1.85 bits per heavy atom. The normalized spacial score (nSPS) is 28.7. The number of rotatable bonds is 2. The average Bonchev–Trinajstić information content (AvgIpc) is 2.70. The summed E-state index contributed by atoms with van der Waals surface area (Å²) < 4.78 is 5.38. The molecule has 4 heteroatoms. The number of amides is 1. The van der Waals surface area contributed by atoms with E-state index in [1.807, 2.05) is 20.8 Å². The van der Waals surface area contributed by atoms with Crippen LogP contribution in [0.3, 0.4) is 0 Å². The van der Waals surface area contributed by atoms with Crippen molar-refractivity contribution in [3.8, 4) is 0 Å². The van der Waals surface area contributed by atoms with Gasteiger partial charge >= 0.3 is 6.09 Å². The van der Waals surface area contributed by atoms with Crippen molar-refractivity contribution < 1.29 is 14.6 Å². The predicted octanol–water partition coefficient (Wildman–Crippen LogP) is 3.18. The molecular weight excluding hydrogens is 254 g/mol. The highest BCUT2D eigenvalue weighted by atomic mass is 16.6. The molecule has 1 aliphatic carbocycles. The van der Waals surface area contributed by atoms with E-state index in [9.17, 15) is 9.90 Å². The van der Waals surface area contributed by atoms with Crippen molar-refractivity contribution in [1.29, 1.82) is 0 Å². The van der Waals surface area contributed by atoms with E-state index in [2.05, 4.69) is 0 Å². The van der Waals surface area contributed by atoms with Crippen molar-refractivity contribution >= 4 is 6.09 Å². The van der Waals surface area contributed by atoms with E-state index in [-0.39, 0.29) is 18.1 Å². The molecule has 0 aromatic heterocycles. The van der Waals surface area contributed by atoms with Gasteiger partial charge in [0.05, 0.1) is 12.6 Å². The fourth-order valence-electron chi connectivity index (χ4n) is 3.41. The summed E-state index contributed by atoms with van der Waals surface area (Å²) in [5.41, 5.74) is -0.469. The first kappa shape index (κ1) is 15.6. The molecule has 1 saturated heterocycles. The molecule has 2 atom stereocenters.